The van der Waals surface area contributed by atoms with Gasteiger partial charge >= 0.3 is 0 Å². The molecule has 0 aliphatic heterocycles. The van der Waals surface area contributed by atoms with Crippen molar-refractivity contribution in [3.05, 3.63) is 30.3 Å². The van der Waals surface area contributed by atoms with E-state index in [2.05, 4.69) is 29.1 Å². The molecule has 2 aromatic heterocycles. The quantitative estimate of drug-likeness (QED) is 0.755. The van der Waals surface area contributed by atoms with Crippen LogP contribution in [0, 0.1) is 5.92 Å². The smallest absolute Gasteiger partial charge is 0.182 e. The summed E-state index contributed by atoms with van der Waals surface area (Å²) in [6.45, 7) is 5.14. The van der Waals surface area contributed by atoms with Crippen molar-refractivity contribution in [3.8, 4) is 11.3 Å². The molecule has 98 valence electrons. The van der Waals surface area contributed by atoms with Gasteiger partial charge in [-0.1, -0.05) is 44.2 Å². The number of aromatic amines is 1. The molecule has 0 aliphatic rings. The third-order valence-electron chi connectivity index (χ3n) is 3.06. The molecule has 0 saturated heterocycles. The fourth-order valence-electron chi connectivity index (χ4n) is 2.25. The molecule has 0 radical (unpaired) electrons. The average Bonchev–Trinajstić information content (AvgIpc) is 2.93. The highest BCUT2D eigenvalue weighted by Gasteiger charge is 2.18. The highest BCUT2D eigenvalue weighted by molar-refractivity contribution is 5.98. The minimum Gasteiger partial charge on any atom is -0.383 e. The van der Waals surface area contributed by atoms with Crippen LogP contribution in [0.4, 0.5) is 5.82 Å². The molecule has 0 unspecified atom stereocenters. The summed E-state index contributed by atoms with van der Waals surface area (Å²) in [6.07, 6.45) is 0. The topological polar surface area (TPSA) is 72.5 Å². The molecular weight excluding hydrogens is 238 g/mol. The number of hydrogen-bond donors (Lipinski definition) is 2. The molecule has 0 fully saturated rings. The minimum atomic E-state index is 0.504. The predicted molar refractivity (Wildman–Crippen MR) is 76.6 cm³/mol. The molecule has 0 amide bonds. The molecule has 1 aromatic carbocycles. The fourth-order valence-corrected chi connectivity index (χ4v) is 2.25. The van der Waals surface area contributed by atoms with Crippen molar-refractivity contribution in [2.24, 2.45) is 5.92 Å². The van der Waals surface area contributed by atoms with E-state index in [0.717, 1.165) is 28.8 Å². The Bertz CT molecular complexity index is 693. The Morgan fingerprint density at radius 3 is 2.68 bits per heavy atom. The number of benzene rings is 1. The predicted octanol–water partition coefficient (Wildman–Crippen LogP) is 2.66. The van der Waals surface area contributed by atoms with Gasteiger partial charge in [0.2, 0.25) is 0 Å². The number of fused-ring (bicyclic) bond motifs is 1. The second kappa shape index (κ2) is 4.42. The van der Waals surface area contributed by atoms with Gasteiger partial charge in [-0.05, 0) is 5.92 Å². The lowest BCUT2D eigenvalue weighted by atomic mass is 10.1. The Morgan fingerprint density at radius 2 is 2.00 bits per heavy atom. The summed E-state index contributed by atoms with van der Waals surface area (Å²) >= 11 is 0. The maximum Gasteiger partial charge on any atom is 0.182 e. The van der Waals surface area contributed by atoms with Crippen molar-refractivity contribution in [2.75, 3.05) is 5.73 Å². The maximum absolute atomic E-state index is 5.99. The largest absolute Gasteiger partial charge is 0.383 e. The van der Waals surface area contributed by atoms with Crippen molar-refractivity contribution < 1.29 is 0 Å². The second-order valence-electron chi connectivity index (χ2n) is 5.13. The molecule has 5 nitrogen and oxygen atoms in total. The van der Waals surface area contributed by atoms with Gasteiger partial charge in [-0.3, -0.25) is 5.10 Å². The molecule has 3 N–H and O–H groups in total. The minimum absolute atomic E-state index is 0.504. The number of hydrogen-bond acceptors (Lipinski definition) is 3. The summed E-state index contributed by atoms with van der Waals surface area (Å²) in [7, 11) is 0. The van der Waals surface area contributed by atoms with E-state index in [0.29, 0.717) is 11.7 Å². The van der Waals surface area contributed by atoms with Crippen LogP contribution in [0.25, 0.3) is 22.3 Å². The molecule has 0 aliphatic carbocycles. The lowest BCUT2D eigenvalue weighted by molar-refractivity contribution is 0.492. The monoisotopic (exact) mass is 255 g/mol. The number of H-pyrrole nitrogens is 1. The lowest BCUT2D eigenvalue weighted by Crippen LogP contribution is -2.06. The molecule has 0 atom stereocenters. The van der Waals surface area contributed by atoms with Gasteiger partial charge in [0.25, 0.3) is 0 Å². The Labute approximate surface area is 111 Å². The van der Waals surface area contributed by atoms with Crippen LogP contribution in [0.5, 0.6) is 0 Å². The zero-order valence-electron chi connectivity index (χ0n) is 11.1. The van der Waals surface area contributed by atoms with E-state index in [4.69, 9.17) is 5.73 Å². The van der Waals surface area contributed by atoms with Crippen molar-refractivity contribution in [1.29, 1.82) is 0 Å². The van der Waals surface area contributed by atoms with Crippen LogP contribution in [0.1, 0.15) is 13.8 Å². The van der Waals surface area contributed by atoms with E-state index >= 15 is 0 Å². The molecule has 2 heterocycles. The number of anilines is 1. The van der Waals surface area contributed by atoms with E-state index < -0.39 is 0 Å². The van der Waals surface area contributed by atoms with Crippen LogP contribution in [-0.4, -0.2) is 20.0 Å². The Balaban J connectivity index is 2.22. The number of nitrogens with two attached hydrogens (primary N) is 1. The van der Waals surface area contributed by atoms with Crippen LogP contribution in [-0.2, 0) is 6.54 Å². The molecule has 3 rings (SSSR count). The number of nitrogen functional groups attached to an aromatic ring is 1. The molecule has 3 aromatic rings. The van der Waals surface area contributed by atoms with Crippen molar-refractivity contribution >= 4 is 16.9 Å². The van der Waals surface area contributed by atoms with E-state index in [1.807, 2.05) is 35.0 Å². The number of nitrogens with zero attached hydrogens (tertiary/aromatic N) is 3. The molecule has 19 heavy (non-hydrogen) atoms. The van der Waals surface area contributed by atoms with Crippen LogP contribution >= 0.6 is 0 Å². The van der Waals surface area contributed by atoms with Gasteiger partial charge in [-0.15, -0.1) is 0 Å². The molecular formula is C14H17N5. The zero-order valence-corrected chi connectivity index (χ0v) is 11.1. The van der Waals surface area contributed by atoms with Crippen molar-refractivity contribution in [2.45, 2.75) is 20.4 Å². The molecule has 5 heteroatoms. The molecule has 0 spiro atoms. The zero-order chi connectivity index (χ0) is 13.4. The molecule has 0 bridgehead atoms. The van der Waals surface area contributed by atoms with Crippen LogP contribution in [0.15, 0.2) is 30.3 Å². The Kier molecular flexibility index (Phi) is 2.74. The van der Waals surface area contributed by atoms with Crippen LogP contribution in [0.3, 0.4) is 0 Å². The van der Waals surface area contributed by atoms with Crippen molar-refractivity contribution in [3.63, 3.8) is 0 Å². The van der Waals surface area contributed by atoms with Gasteiger partial charge in [0.05, 0.1) is 5.39 Å². The first-order valence-electron chi connectivity index (χ1n) is 6.42. The standard InChI is InChI=1S/C14H17N5/c1-9(2)8-19-14-11(13(15)16-17-14)12(18-19)10-6-4-3-5-7-10/h3-7,9H,8H2,1-2H3,(H3,15,16,17). The molecule has 0 saturated carbocycles. The van der Waals surface area contributed by atoms with Crippen LogP contribution in [0.2, 0.25) is 0 Å². The number of rotatable bonds is 3. The number of nitrogens with one attached hydrogen (secondary N) is 1. The highest BCUT2D eigenvalue weighted by atomic mass is 15.3. The fraction of sp³-hybridized carbons (Fsp3) is 0.286. The SMILES string of the molecule is CC(C)Cn1nc(-c2ccccc2)c2c(N)[nH]nc21. The summed E-state index contributed by atoms with van der Waals surface area (Å²) in [5.41, 5.74) is 8.76. The summed E-state index contributed by atoms with van der Waals surface area (Å²) in [5.74, 6) is 1.08. The third kappa shape index (κ3) is 1.97. The number of aromatic nitrogens is 4. The summed E-state index contributed by atoms with van der Waals surface area (Å²) in [5, 5.41) is 12.7. The van der Waals surface area contributed by atoms with Gasteiger partial charge in [-0.25, -0.2) is 4.68 Å². The first kappa shape index (κ1) is 11.8. The summed E-state index contributed by atoms with van der Waals surface area (Å²) in [4.78, 5) is 0. The van der Waals surface area contributed by atoms with E-state index in [9.17, 15) is 0 Å². The first-order valence-corrected chi connectivity index (χ1v) is 6.42. The van der Waals surface area contributed by atoms with Crippen LogP contribution < -0.4 is 5.73 Å². The van der Waals surface area contributed by atoms with E-state index in [-0.39, 0.29) is 0 Å². The van der Waals surface area contributed by atoms with Gasteiger partial charge in [0.1, 0.15) is 11.5 Å². The summed E-state index contributed by atoms with van der Waals surface area (Å²) < 4.78 is 1.93. The van der Waals surface area contributed by atoms with Gasteiger partial charge < -0.3 is 5.73 Å². The Morgan fingerprint density at radius 1 is 1.26 bits per heavy atom. The second-order valence-corrected chi connectivity index (χ2v) is 5.13. The van der Waals surface area contributed by atoms with Gasteiger partial charge in [-0.2, -0.15) is 10.2 Å². The average molecular weight is 255 g/mol. The van der Waals surface area contributed by atoms with Gasteiger partial charge in [0.15, 0.2) is 5.65 Å². The normalized spacial score (nSPS) is 11.5. The Hall–Kier alpha value is -2.30. The maximum atomic E-state index is 5.99. The van der Waals surface area contributed by atoms with Crippen molar-refractivity contribution in [1.82, 2.24) is 20.0 Å². The highest BCUT2D eigenvalue weighted by Crippen LogP contribution is 2.30. The van der Waals surface area contributed by atoms with Gasteiger partial charge in [0, 0.05) is 12.1 Å². The lowest BCUT2D eigenvalue weighted by Gasteiger charge is -2.04. The summed E-state index contributed by atoms with van der Waals surface area (Å²) in [6, 6.07) is 10.1. The first-order chi connectivity index (χ1) is 9.16. The van der Waals surface area contributed by atoms with E-state index in [1.165, 1.54) is 0 Å². The van der Waals surface area contributed by atoms with E-state index in [1.54, 1.807) is 0 Å². The third-order valence-corrected chi connectivity index (χ3v) is 3.06.